The summed E-state index contributed by atoms with van der Waals surface area (Å²) >= 11 is 1.39. The molecular weight excluding hydrogens is 400 g/mol. The lowest BCUT2D eigenvalue weighted by Crippen LogP contribution is -2.31. The molecular formula is C22H18N4O3S. The van der Waals surface area contributed by atoms with Crippen LogP contribution in [0.4, 0.5) is 10.8 Å². The van der Waals surface area contributed by atoms with Gasteiger partial charge in [-0.15, -0.1) is 0 Å². The van der Waals surface area contributed by atoms with E-state index in [1.165, 1.54) is 28.4 Å². The molecule has 0 aliphatic carbocycles. The molecule has 1 amide bonds. The third kappa shape index (κ3) is 3.77. The van der Waals surface area contributed by atoms with Gasteiger partial charge in [0.25, 0.3) is 11.6 Å². The number of anilines is 1. The van der Waals surface area contributed by atoms with E-state index in [2.05, 4.69) is 4.98 Å². The molecule has 2 aromatic heterocycles. The predicted octanol–water partition coefficient (Wildman–Crippen LogP) is 5.06. The second kappa shape index (κ2) is 8.00. The molecule has 4 rings (SSSR count). The minimum Gasteiger partial charge on any atom is -0.279 e. The fourth-order valence-electron chi connectivity index (χ4n) is 3.33. The highest BCUT2D eigenvalue weighted by molar-refractivity contribution is 7.22. The number of pyridine rings is 1. The van der Waals surface area contributed by atoms with Crippen molar-refractivity contribution in [2.75, 3.05) is 4.90 Å². The Kier molecular flexibility index (Phi) is 5.24. The number of nitro benzene ring substituents is 1. The number of aryl methyl sites for hydroxylation is 2. The van der Waals surface area contributed by atoms with Crippen molar-refractivity contribution >= 4 is 38.3 Å². The molecule has 2 heterocycles. The van der Waals surface area contributed by atoms with Crippen LogP contribution >= 0.6 is 11.3 Å². The van der Waals surface area contributed by atoms with Crippen LogP contribution < -0.4 is 4.90 Å². The lowest BCUT2D eigenvalue weighted by molar-refractivity contribution is -0.385. The van der Waals surface area contributed by atoms with Crippen LogP contribution in [0.15, 0.2) is 60.9 Å². The second-order valence-corrected chi connectivity index (χ2v) is 7.96. The summed E-state index contributed by atoms with van der Waals surface area (Å²) in [5.41, 5.74) is 3.56. The van der Waals surface area contributed by atoms with Crippen molar-refractivity contribution < 1.29 is 9.72 Å². The Morgan fingerprint density at radius 1 is 1.17 bits per heavy atom. The van der Waals surface area contributed by atoms with E-state index < -0.39 is 10.8 Å². The molecule has 0 saturated heterocycles. The first kappa shape index (κ1) is 19.7. The van der Waals surface area contributed by atoms with Gasteiger partial charge >= 0.3 is 0 Å². The molecule has 0 aliphatic rings. The summed E-state index contributed by atoms with van der Waals surface area (Å²) in [6, 6.07) is 13.7. The number of benzene rings is 2. The number of nitro groups is 1. The van der Waals surface area contributed by atoms with Gasteiger partial charge in [0.05, 0.1) is 21.7 Å². The first-order valence-corrected chi connectivity index (χ1v) is 10.1. The summed E-state index contributed by atoms with van der Waals surface area (Å²) in [4.78, 5) is 34.7. The van der Waals surface area contributed by atoms with Gasteiger partial charge in [-0.1, -0.05) is 35.6 Å². The Morgan fingerprint density at radius 2 is 1.97 bits per heavy atom. The normalized spacial score (nSPS) is 10.9. The van der Waals surface area contributed by atoms with Gasteiger partial charge in [-0.25, -0.2) is 4.98 Å². The van der Waals surface area contributed by atoms with Gasteiger partial charge in [-0.05, 0) is 48.7 Å². The van der Waals surface area contributed by atoms with E-state index in [0.717, 1.165) is 26.9 Å². The van der Waals surface area contributed by atoms with Crippen LogP contribution in [0, 0.1) is 24.0 Å². The Labute approximate surface area is 176 Å². The number of thiazole rings is 1. The van der Waals surface area contributed by atoms with Crippen LogP contribution in [-0.4, -0.2) is 20.8 Å². The molecule has 8 heteroatoms. The van der Waals surface area contributed by atoms with E-state index in [1.54, 1.807) is 30.6 Å². The van der Waals surface area contributed by atoms with E-state index in [9.17, 15) is 14.9 Å². The average Bonchev–Trinajstić information content (AvgIpc) is 3.16. The summed E-state index contributed by atoms with van der Waals surface area (Å²) in [5.74, 6) is -0.473. The molecule has 0 radical (unpaired) electrons. The minimum absolute atomic E-state index is 0.0264. The van der Waals surface area contributed by atoms with Gasteiger partial charge in [-0.2, -0.15) is 0 Å². The van der Waals surface area contributed by atoms with Crippen LogP contribution in [0.5, 0.6) is 0 Å². The molecule has 0 saturated carbocycles. The summed E-state index contributed by atoms with van der Waals surface area (Å²) in [6.07, 6.45) is 3.32. The molecule has 2 aromatic carbocycles. The molecule has 0 aliphatic heterocycles. The first-order valence-electron chi connectivity index (χ1n) is 9.26. The van der Waals surface area contributed by atoms with Gasteiger partial charge in [0.15, 0.2) is 5.13 Å². The number of carbonyl (C=O) groups excluding carboxylic acids is 1. The van der Waals surface area contributed by atoms with Crippen LogP contribution in [0.25, 0.3) is 10.2 Å². The molecule has 0 atom stereocenters. The number of fused-ring (bicyclic) bond motifs is 1. The Bertz CT molecular complexity index is 1250. The first-order chi connectivity index (χ1) is 14.4. The van der Waals surface area contributed by atoms with Crippen LogP contribution in [-0.2, 0) is 6.54 Å². The van der Waals surface area contributed by atoms with Crippen LogP contribution in [0.3, 0.4) is 0 Å². The number of para-hydroxylation sites is 1. The van der Waals surface area contributed by atoms with E-state index in [0.29, 0.717) is 5.13 Å². The second-order valence-electron chi connectivity index (χ2n) is 6.95. The van der Waals surface area contributed by atoms with Crippen molar-refractivity contribution in [3.63, 3.8) is 0 Å². The smallest absolute Gasteiger partial charge is 0.279 e. The standard InChI is InChI=1S/C22H18N4O3S/c1-14-10-15(2)20-19(11-14)30-22(24-20)25(13-16-6-5-9-23-12-16)21(27)17-7-3-4-8-18(17)26(28)29/h3-12H,13H2,1-2H3. The van der Waals surface area contributed by atoms with E-state index in [4.69, 9.17) is 4.98 Å². The fraction of sp³-hybridized carbons (Fsp3) is 0.136. The topological polar surface area (TPSA) is 89.2 Å². The summed E-state index contributed by atoms with van der Waals surface area (Å²) in [6.45, 7) is 4.20. The van der Waals surface area contributed by atoms with E-state index >= 15 is 0 Å². The highest BCUT2D eigenvalue weighted by atomic mass is 32.1. The highest BCUT2D eigenvalue weighted by Crippen LogP contribution is 2.34. The minimum atomic E-state index is -0.540. The van der Waals surface area contributed by atoms with Crippen LogP contribution in [0.1, 0.15) is 27.0 Å². The zero-order valence-corrected chi connectivity index (χ0v) is 17.2. The molecule has 30 heavy (non-hydrogen) atoms. The number of rotatable bonds is 5. The predicted molar refractivity (Wildman–Crippen MR) is 117 cm³/mol. The number of hydrogen-bond donors (Lipinski definition) is 0. The van der Waals surface area contributed by atoms with Crippen molar-refractivity contribution in [3.8, 4) is 0 Å². The molecule has 0 spiro atoms. The number of aromatic nitrogens is 2. The van der Waals surface area contributed by atoms with Crippen LogP contribution in [0.2, 0.25) is 0 Å². The van der Waals surface area contributed by atoms with Gasteiger partial charge < -0.3 is 0 Å². The van der Waals surface area contributed by atoms with E-state index in [-0.39, 0.29) is 17.8 Å². The van der Waals surface area contributed by atoms with Crippen molar-refractivity contribution in [3.05, 3.63) is 93.3 Å². The maximum atomic E-state index is 13.5. The number of hydrogen-bond acceptors (Lipinski definition) is 6. The third-order valence-electron chi connectivity index (χ3n) is 4.69. The molecule has 0 N–H and O–H groups in total. The molecule has 0 unspecified atom stereocenters. The van der Waals surface area contributed by atoms with Gasteiger partial charge in [0.2, 0.25) is 0 Å². The van der Waals surface area contributed by atoms with Crippen molar-refractivity contribution in [1.82, 2.24) is 9.97 Å². The average molecular weight is 418 g/mol. The summed E-state index contributed by atoms with van der Waals surface area (Å²) < 4.78 is 0.967. The Morgan fingerprint density at radius 3 is 2.70 bits per heavy atom. The van der Waals surface area contributed by atoms with Gasteiger partial charge in [0, 0.05) is 18.5 Å². The SMILES string of the molecule is Cc1cc(C)c2nc(N(Cc3cccnc3)C(=O)c3ccccc3[N+](=O)[O-])sc2c1. The lowest BCUT2D eigenvalue weighted by atomic mass is 10.1. The zero-order chi connectivity index (χ0) is 21.3. The maximum Gasteiger partial charge on any atom is 0.282 e. The van der Waals surface area contributed by atoms with Crippen molar-refractivity contribution in [1.29, 1.82) is 0 Å². The lowest BCUT2D eigenvalue weighted by Gasteiger charge is -2.20. The maximum absolute atomic E-state index is 13.5. The summed E-state index contributed by atoms with van der Waals surface area (Å²) in [5, 5.41) is 12.0. The number of carbonyl (C=O) groups is 1. The van der Waals surface area contributed by atoms with Gasteiger partial charge in [0.1, 0.15) is 5.56 Å². The molecule has 4 aromatic rings. The molecule has 7 nitrogen and oxygen atoms in total. The number of nitrogens with zero attached hydrogens (tertiary/aromatic N) is 4. The quantitative estimate of drug-likeness (QED) is 0.334. The summed E-state index contributed by atoms with van der Waals surface area (Å²) in [7, 11) is 0. The molecule has 150 valence electrons. The monoisotopic (exact) mass is 418 g/mol. The number of amides is 1. The largest absolute Gasteiger partial charge is 0.282 e. The highest BCUT2D eigenvalue weighted by Gasteiger charge is 2.27. The van der Waals surface area contributed by atoms with Crippen molar-refractivity contribution in [2.24, 2.45) is 0 Å². The van der Waals surface area contributed by atoms with Crippen molar-refractivity contribution in [2.45, 2.75) is 20.4 Å². The third-order valence-corrected chi connectivity index (χ3v) is 5.71. The van der Waals surface area contributed by atoms with E-state index in [1.807, 2.05) is 32.0 Å². The van der Waals surface area contributed by atoms with Gasteiger partial charge in [-0.3, -0.25) is 24.8 Å². The molecule has 0 bridgehead atoms. The zero-order valence-electron chi connectivity index (χ0n) is 16.4. The molecule has 0 fully saturated rings. The fourth-order valence-corrected chi connectivity index (χ4v) is 4.47. The Balaban J connectivity index is 1.84. The Hall–Kier alpha value is -3.65.